The van der Waals surface area contributed by atoms with Crippen molar-refractivity contribution >= 4 is 28.3 Å². The summed E-state index contributed by atoms with van der Waals surface area (Å²) in [6, 6.07) is 25.1. The molecule has 0 atom stereocenters. The fourth-order valence-corrected chi connectivity index (χ4v) is 3.42. The Bertz CT molecular complexity index is 1250. The minimum atomic E-state index is -1.09. The second kappa shape index (κ2) is 8.09. The third-order valence-electron chi connectivity index (χ3n) is 4.88. The smallest absolute Gasteiger partial charge is 0.337 e. The quantitative estimate of drug-likeness (QED) is 0.438. The van der Waals surface area contributed by atoms with Crippen molar-refractivity contribution < 1.29 is 19.8 Å². The molecule has 5 heteroatoms. The van der Waals surface area contributed by atoms with Crippen LogP contribution in [-0.2, 0) is 11.2 Å². The van der Waals surface area contributed by atoms with Crippen molar-refractivity contribution in [3.8, 4) is 16.9 Å². The first kappa shape index (κ1) is 19.2. The number of phenols is 1. The van der Waals surface area contributed by atoms with Gasteiger partial charge in [0.25, 0.3) is 0 Å². The van der Waals surface area contributed by atoms with Gasteiger partial charge in [-0.15, -0.1) is 0 Å². The average Bonchev–Trinajstić information content (AvgIpc) is 2.73. The van der Waals surface area contributed by atoms with Gasteiger partial charge >= 0.3 is 5.97 Å². The lowest BCUT2D eigenvalue weighted by Crippen LogP contribution is -2.17. The summed E-state index contributed by atoms with van der Waals surface area (Å²) in [5.74, 6) is -1.19. The fourth-order valence-electron chi connectivity index (χ4n) is 3.42. The zero-order valence-electron chi connectivity index (χ0n) is 16.0. The molecule has 0 aliphatic carbocycles. The summed E-state index contributed by atoms with van der Waals surface area (Å²) in [6.07, 6.45) is 0.109. The highest BCUT2D eigenvalue weighted by atomic mass is 16.4. The van der Waals surface area contributed by atoms with Crippen LogP contribution in [0.15, 0.2) is 84.9 Å². The van der Waals surface area contributed by atoms with Crippen LogP contribution in [-0.4, -0.2) is 22.1 Å². The molecule has 0 spiro atoms. The SMILES string of the molecule is O=C(Cc1cccc(-c2ccc(O)cc2)c1)Nc1cc2ccccc2cc1C(=O)O. The molecule has 0 unspecified atom stereocenters. The summed E-state index contributed by atoms with van der Waals surface area (Å²) in [7, 11) is 0. The van der Waals surface area contributed by atoms with Gasteiger partial charge in [-0.05, 0) is 51.7 Å². The normalized spacial score (nSPS) is 10.7. The Balaban J connectivity index is 1.57. The third kappa shape index (κ3) is 4.15. The first-order valence-electron chi connectivity index (χ1n) is 9.44. The molecule has 5 nitrogen and oxygen atoms in total. The number of fused-ring (bicyclic) bond motifs is 1. The summed E-state index contributed by atoms with van der Waals surface area (Å²) in [5, 5.41) is 23.4. The van der Waals surface area contributed by atoms with Crippen LogP contribution in [0, 0.1) is 0 Å². The van der Waals surface area contributed by atoms with Gasteiger partial charge in [0.2, 0.25) is 5.91 Å². The van der Waals surface area contributed by atoms with Gasteiger partial charge in [0.05, 0.1) is 17.7 Å². The van der Waals surface area contributed by atoms with Crippen molar-refractivity contribution in [3.05, 3.63) is 96.1 Å². The molecular formula is C25H19NO4. The van der Waals surface area contributed by atoms with Crippen LogP contribution >= 0.6 is 0 Å². The molecule has 0 aliphatic rings. The number of amides is 1. The van der Waals surface area contributed by atoms with Crippen LogP contribution in [0.25, 0.3) is 21.9 Å². The Morgan fingerprint density at radius 1 is 0.767 bits per heavy atom. The van der Waals surface area contributed by atoms with Crippen molar-refractivity contribution in [2.75, 3.05) is 5.32 Å². The fraction of sp³-hybridized carbons (Fsp3) is 0.0400. The summed E-state index contributed by atoms with van der Waals surface area (Å²) >= 11 is 0. The molecule has 0 saturated carbocycles. The number of anilines is 1. The Morgan fingerprint density at radius 3 is 2.17 bits per heavy atom. The molecule has 0 aromatic heterocycles. The molecule has 4 aromatic rings. The van der Waals surface area contributed by atoms with E-state index in [4.69, 9.17) is 0 Å². The van der Waals surface area contributed by atoms with Crippen molar-refractivity contribution in [1.29, 1.82) is 0 Å². The molecule has 0 aliphatic heterocycles. The maximum Gasteiger partial charge on any atom is 0.337 e. The first-order valence-corrected chi connectivity index (χ1v) is 9.44. The van der Waals surface area contributed by atoms with E-state index in [0.29, 0.717) is 0 Å². The van der Waals surface area contributed by atoms with E-state index in [2.05, 4.69) is 5.32 Å². The number of carbonyl (C=O) groups is 2. The number of phenolic OH excluding ortho intramolecular Hbond substituents is 1. The van der Waals surface area contributed by atoms with E-state index in [1.54, 1.807) is 24.3 Å². The standard InChI is InChI=1S/C25H19NO4/c27-21-10-8-17(9-11-21)18-7-3-4-16(12-18)13-24(28)26-23-15-20-6-2-1-5-19(20)14-22(23)25(29)30/h1-12,14-15,27H,13H2,(H,26,28)(H,29,30). The van der Waals surface area contributed by atoms with Crippen molar-refractivity contribution in [1.82, 2.24) is 0 Å². The van der Waals surface area contributed by atoms with E-state index in [9.17, 15) is 19.8 Å². The molecule has 30 heavy (non-hydrogen) atoms. The van der Waals surface area contributed by atoms with Crippen LogP contribution < -0.4 is 5.32 Å². The Hall–Kier alpha value is -4.12. The number of aromatic carboxylic acids is 1. The van der Waals surface area contributed by atoms with Crippen LogP contribution in [0.2, 0.25) is 0 Å². The predicted molar refractivity (Wildman–Crippen MR) is 117 cm³/mol. The zero-order chi connectivity index (χ0) is 21.1. The van der Waals surface area contributed by atoms with Gasteiger partial charge in [0, 0.05) is 0 Å². The topological polar surface area (TPSA) is 86.6 Å². The van der Waals surface area contributed by atoms with Gasteiger partial charge in [-0.2, -0.15) is 0 Å². The van der Waals surface area contributed by atoms with Crippen LogP contribution in [0.3, 0.4) is 0 Å². The largest absolute Gasteiger partial charge is 0.508 e. The lowest BCUT2D eigenvalue weighted by atomic mass is 10.0. The van der Waals surface area contributed by atoms with Crippen LogP contribution in [0.1, 0.15) is 15.9 Å². The molecule has 148 valence electrons. The molecule has 0 heterocycles. The number of benzene rings is 4. The summed E-state index contributed by atoms with van der Waals surface area (Å²) in [5.41, 5.74) is 2.99. The van der Waals surface area contributed by atoms with Crippen molar-refractivity contribution in [2.45, 2.75) is 6.42 Å². The monoisotopic (exact) mass is 397 g/mol. The highest BCUT2D eigenvalue weighted by Gasteiger charge is 2.14. The number of hydrogen-bond acceptors (Lipinski definition) is 3. The summed E-state index contributed by atoms with van der Waals surface area (Å²) in [6.45, 7) is 0. The van der Waals surface area contributed by atoms with E-state index in [-0.39, 0.29) is 29.3 Å². The Morgan fingerprint density at radius 2 is 1.47 bits per heavy atom. The van der Waals surface area contributed by atoms with Crippen molar-refractivity contribution in [3.63, 3.8) is 0 Å². The van der Waals surface area contributed by atoms with Gasteiger partial charge in [-0.25, -0.2) is 4.79 Å². The van der Waals surface area contributed by atoms with Crippen LogP contribution in [0.4, 0.5) is 5.69 Å². The molecule has 1 amide bonds. The summed E-state index contributed by atoms with van der Waals surface area (Å²) < 4.78 is 0. The number of nitrogens with one attached hydrogen (secondary N) is 1. The lowest BCUT2D eigenvalue weighted by Gasteiger charge is -2.11. The van der Waals surface area contributed by atoms with Gasteiger partial charge in [0.1, 0.15) is 5.75 Å². The molecule has 0 saturated heterocycles. The van der Waals surface area contributed by atoms with E-state index in [0.717, 1.165) is 27.5 Å². The second-order valence-electron chi connectivity index (χ2n) is 7.02. The molecule has 4 aromatic carbocycles. The maximum atomic E-state index is 12.6. The first-order chi connectivity index (χ1) is 14.5. The molecule has 0 radical (unpaired) electrons. The van der Waals surface area contributed by atoms with Gasteiger partial charge < -0.3 is 15.5 Å². The number of rotatable bonds is 5. The average molecular weight is 397 g/mol. The maximum absolute atomic E-state index is 12.6. The zero-order valence-corrected chi connectivity index (χ0v) is 16.0. The minimum absolute atomic E-state index is 0.0555. The van der Waals surface area contributed by atoms with Crippen molar-refractivity contribution in [2.24, 2.45) is 0 Å². The molecule has 0 bridgehead atoms. The van der Waals surface area contributed by atoms with E-state index < -0.39 is 5.97 Å². The number of carboxylic acids is 1. The molecule has 3 N–H and O–H groups in total. The minimum Gasteiger partial charge on any atom is -0.508 e. The van der Waals surface area contributed by atoms with E-state index >= 15 is 0 Å². The van der Waals surface area contributed by atoms with Gasteiger partial charge in [-0.3, -0.25) is 4.79 Å². The number of aromatic hydroxyl groups is 1. The number of carbonyl (C=O) groups excluding carboxylic acids is 1. The Labute approximate surface area is 173 Å². The molecule has 0 fully saturated rings. The number of hydrogen-bond donors (Lipinski definition) is 3. The highest BCUT2D eigenvalue weighted by Crippen LogP contribution is 2.26. The highest BCUT2D eigenvalue weighted by molar-refractivity contribution is 6.05. The van der Waals surface area contributed by atoms with Gasteiger partial charge in [0.15, 0.2) is 0 Å². The van der Waals surface area contributed by atoms with E-state index in [1.165, 1.54) is 0 Å². The molecule has 4 rings (SSSR count). The molecular weight excluding hydrogens is 378 g/mol. The second-order valence-corrected chi connectivity index (χ2v) is 7.02. The third-order valence-corrected chi connectivity index (χ3v) is 4.88. The van der Waals surface area contributed by atoms with E-state index in [1.807, 2.05) is 60.7 Å². The predicted octanol–water partition coefficient (Wildman–Crippen LogP) is 5.09. The summed E-state index contributed by atoms with van der Waals surface area (Å²) in [4.78, 5) is 24.3. The van der Waals surface area contributed by atoms with Gasteiger partial charge in [-0.1, -0.05) is 60.7 Å². The van der Waals surface area contributed by atoms with Crippen LogP contribution in [0.5, 0.6) is 5.75 Å². The number of carboxylic acid groups (broad SMARTS) is 1. The Kier molecular flexibility index (Phi) is 5.18. The lowest BCUT2D eigenvalue weighted by molar-refractivity contribution is -0.115.